The van der Waals surface area contributed by atoms with Gasteiger partial charge in [0.15, 0.2) is 11.5 Å². The number of rotatable bonds is 5. The van der Waals surface area contributed by atoms with Gasteiger partial charge in [-0.2, -0.15) is 9.61 Å². The molecule has 0 saturated heterocycles. The van der Waals surface area contributed by atoms with Crippen molar-refractivity contribution in [3.05, 3.63) is 71.4 Å². The van der Waals surface area contributed by atoms with Crippen LogP contribution in [0.1, 0.15) is 12.8 Å². The third kappa shape index (κ3) is 3.29. The first-order valence-corrected chi connectivity index (χ1v) is 10.2. The van der Waals surface area contributed by atoms with Crippen LogP contribution in [0.2, 0.25) is 0 Å². The maximum absolute atomic E-state index is 12.3. The van der Waals surface area contributed by atoms with E-state index in [1.807, 2.05) is 35.1 Å². The summed E-state index contributed by atoms with van der Waals surface area (Å²) in [5, 5.41) is 13.1. The molecule has 1 aromatic carbocycles. The largest absolute Gasteiger partial charge is 0.319 e. The Morgan fingerprint density at radius 3 is 2.84 bits per heavy atom. The van der Waals surface area contributed by atoms with Crippen LogP contribution in [0.4, 0.5) is 11.6 Å². The van der Waals surface area contributed by atoms with Crippen molar-refractivity contribution in [1.29, 1.82) is 0 Å². The van der Waals surface area contributed by atoms with E-state index < -0.39 is 0 Å². The Labute approximate surface area is 176 Å². The fourth-order valence-electron chi connectivity index (χ4n) is 3.57. The van der Waals surface area contributed by atoms with Crippen molar-refractivity contribution in [3.63, 3.8) is 0 Å². The second-order valence-electron chi connectivity index (χ2n) is 7.69. The Hall–Kier alpha value is -4.14. The minimum atomic E-state index is -0.380. The quantitative estimate of drug-likeness (QED) is 0.475. The highest BCUT2D eigenvalue weighted by atomic mass is 16.1. The van der Waals surface area contributed by atoms with Gasteiger partial charge in [-0.1, -0.05) is 18.2 Å². The predicted molar refractivity (Wildman–Crippen MR) is 116 cm³/mol. The molecule has 9 heteroatoms. The molecule has 6 rings (SSSR count). The molecule has 0 atom stereocenters. The van der Waals surface area contributed by atoms with E-state index in [-0.39, 0.29) is 5.56 Å². The molecular formula is C22H18N8O. The van der Waals surface area contributed by atoms with Crippen LogP contribution < -0.4 is 10.9 Å². The van der Waals surface area contributed by atoms with Crippen molar-refractivity contribution < 1.29 is 0 Å². The number of nitrogens with zero attached hydrogens (tertiary/aromatic N) is 7. The summed E-state index contributed by atoms with van der Waals surface area (Å²) < 4.78 is 3.58. The lowest BCUT2D eigenvalue weighted by Gasteiger charge is -2.07. The number of hydrogen-bond acceptors (Lipinski definition) is 7. The van der Waals surface area contributed by atoms with Gasteiger partial charge < -0.3 is 5.32 Å². The van der Waals surface area contributed by atoms with E-state index in [1.54, 1.807) is 28.9 Å². The SMILES string of the molecule is O=c1nccccc1Nc1nc2ccccc2c2nc(-c3cnn(CC4CC4)c3)nn12. The molecule has 4 aromatic heterocycles. The summed E-state index contributed by atoms with van der Waals surface area (Å²) in [5.41, 5.74) is 2.18. The first kappa shape index (κ1) is 17.7. The van der Waals surface area contributed by atoms with Gasteiger partial charge >= 0.3 is 0 Å². The molecule has 31 heavy (non-hydrogen) atoms. The van der Waals surface area contributed by atoms with Crippen molar-refractivity contribution in [1.82, 2.24) is 34.3 Å². The molecule has 0 aliphatic heterocycles. The fourth-order valence-corrected chi connectivity index (χ4v) is 3.57. The minimum absolute atomic E-state index is 0.309. The number of para-hydroxylation sites is 1. The number of anilines is 2. The summed E-state index contributed by atoms with van der Waals surface area (Å²) in [6.07, 6.45) is 7.76. The molecule has 1 aliphatic rings. The summed E-state index contributed by atoms with van der Waals surface area (Å²) in [4.78, 5) is 25.6. The van der Waals surface area contributed by atoms with E-state index in [9.17, 15) is 4.79 Å². The molecule has 0 spiro atoms. The number of fused-ring (bicyclic) bond motifs is 3. The lowest BCUT2D eigenvalue weighted by molar-refractivity contribution is 0.563. The lowest BCUT2D eigenvalue weighted by Crippen LogP contribution is -2.11. The fraction of sp³-hybridized carbons (Fsp3) is 0.182. The lowest BCUT2D eigenvalue weighted by atomic mass is 10.2. The van der Waals surface area contributed by atoms with Crippen LogP contribution >= 0.6 is 0 Å². The molecular weight excluding hydrogens is 392 g/mol. The van der Waals surface area contributed by atoms with Gasteiger partial charge in [0.05, 0.1) is 17.3 Å². The summed E-state index contributed by atoms with van der Waals surface area (Å²) in [6.45, 7) is 0.926. The number of hydrogen-bond donors (Lipinski definition) is 1. The van der Waals surface area contributed by atoms with E-state index >= 15 is 0 Å². The third-order valence-electron chi connectivity index (χ3n) is 5.34. The zero-order valence-corrected chi connectivity index (χ0v) is 16.5. The summed E-state index contributed by atoms with van der Waals surface area (Å²) in [7, 11) is 0. The summed E-state index contributed by atoms with van der Waals surface area (Å²) in [6, 6.07) is 12.8. The molecule has 9 nitrogen and oxygen atoms in total. The van der Waals surface area contributed by atoms with Crippen molar-refractivity contribution in [3.8, 4) is 11.4 Å². The van der Waals surface area contributed by atoms with E-state index in [0.717, 1.165) is 28.9 Å². The Morgan fingerprint density at radius 2 is 1.94 bits per heavy atom. The van der Waals surface area contributed by atoms with Crippen LogP contribution in [-0.4, -0.2) is 34.3 Å². The van der Waals surface area contributed by atoms with Gasteiger partial charge in [0, 0.05) is 24.3 Å². The first-order valence-electron chi connectivity index (χ1n) is 10.2. The van der Waals surface area contributed by atoms with Crippen LogP contribution in [0.15, 0.2) is 65.8 Å². The van der Waals surface area contributed by atoms with Crippen LogP contribution in [0.5, 0.6) is 0 Å². The maximum Gasteiger partial charge on any atom is 0.293 e. The zero-order chi connectivity index (χ0) is 20.8. The third-order valence-corrected chi connectivity index (χ3v) is 5.34. The van der Waals surface area contributed by atoms with E-state index in [1.165, 1.54) is 19.0 Å². The highest BCUT2D eigenvalue weighted by Crippen LogP contribution is 2.31. The molecule has 0 amide bonds. The van der Waals surface area contributed by atoms with Crippen LogP contribution in [0.25, 0.3) is 27.9 Å². The molecule has 1 N–H and O–H groups in total. The Balaban J connectivity index is 1.50. The molecule has 0 unspecified atom stereocenters. The zero-order valence-electron chi connectivity index (χ0n) is 16.5. The van der Waals surface area contributed by atoms with E-state index in [4.69, 9.17) is 4.98 Å². The molecule has 0 radical (unpaired) electrons. The van der Waals surface area contributed by atoms with Crippen molar-refractivity contribution in [2.75, 3.05) is 5.32 Å². The van der Waals surface area contributed by atoms with Crippen molar-refractivity contribution in [2.24, 2.45) is 5.92 Å². The topological polar surface area (TPSA) is 103 Å². The molecule has 1 aliphatic carbocycles. The second kappa shape index (κ2) is 6.98. The normalized spacial score (nSPS) is 13.7. The van der Waals surface area contributed by atoms with E-state index in [0.29, 0.717) is 23.1 Å². The number of nitrogens with one attached hydrogen (secondary N) is 1. The van der Waals surface area contributed by atoms with Crippen molar-refractivity contribution >= 4 is 28.2 Å². The highest BCUT2D eigenvalue weighted by molar-refractivity contribution is 5.93. The van der Waals surface area contributed by atoms with Gasteiger partial charge in [-0.15, -0.1) is 5.10 Å². The Morgan fingerprint density at radius 1 is 1.06 bits per heavy atom. The summed E-state index contributed by atoms with van der Waals surface area (Å²) in [5.74, 6) is 1.68. The van der Waals surface area contributed by atoms with Gasteiger partial charge in [-0.25, -0.2) is 15.0 Å². The number of aromatic nitrogens is 7. The minimum Gasteiger partial charge on any atom is -0.319 e. The molecule has 5 aromatic rings. The average molecular weight is 410 g/mol. The van der Waals surface area contributed by atoms with Gasteiger partial charge in [-0.05, 0) is 43.0 Å². The van der Waals surface area contributed by atoms with Crippen LogP contribution in [0, 0.1) is 5.92 Å². The average Bonchev–Trinajstić information content (AvgIpc) is 3.34. The smallest absolute Gasteiger partial charge is 0.293 e. The van der Waals surface area contributed by atoms with Gasteiger partial charge in [0.1, 0.15) is 5.69 Å². The van der Waals surface area contributed by atoms with Crippen LogP contribution in [-0.2, 0) is 6.54 Å². The number of benzene rings is 1. The van der Waals surface area contributed by atoms with Gasteiger partial charge in [0.2, 0.25) is 5.95 Å². The van der Waals surface area contributed by atoms with Gasteiger partial charge in [-0.3, -0.25) is 9.48 Å². The Bertz CT molecular complexity index is 1480. The first-order chi connectivity index (χ1) is 15.2. The molecule has 0 bridgehead atoms. The van der Waals surface area contributed by atoms with E-state index in [2.05, 4.69) is 25.5 Å². The maximum atomic E-state index is 12.3. The monoisotopic (exact) mass is 410 g/mol. The highest BCUT2D eigenvalue weighted by Gasteiger charge is 2.22. The standard InChI is InChI=1S/C22H18N8O/c31-21-18(7-3-4-10-23-21)26-22-25-17-6-2-1-5-16(17)20-27-19(28-30(20)22)15-11-24-29(13-15)12-14-8-9-14/h1-7,10-11,13-14H,8-9,12H2,(H,23,25,26,31). The Kier molecular flexibility index (Phi) is 3.98. The van der Waals surface area contributed by atoms with Crippen molar-refractivity contribution in [2.45, 2.75) is 19.4 Å². The molecule has 1 fully saturated rings. The molecule has 152 valence electrons. The van der Waals surface area contributed by atoms with Gasteiger partial charge in [0.25, 0.3) is 5.56 Å². The second-order valence-corrected chi connectivity index (χ2v) is 7.69. The predicted octanol–water partition coefficient (Wildman–Crippen LogP) is 3.05. The molecule has 1 saturated carbocycles. The molecule has 4 heterocycles. The summed E-state index contributed by atoms with van der Waals surface area (Å²) >= 11 is 0. The van der Waals surface area contributed by atoms with Crippen LogP contribution in [0.3, 0.4) is 0 Å².